The highest BCUT2D eigenvalue weighted by atomic mass is 16.6. The van der Waals surface area contributed by atoms with Crippen LogP contribution < -0.4 is 10.1 Å². The Balaban J connectivity index is 1.54. The average Bonchev–Trinajstić information content (AvgIpc) is 3.39. The number of rotatable bonds is 10. The number of methoxy groups -OCH3 is 1. The molecule has 2 N–H and O–H groups in total. The topological polar surface area (TPSA) is 89.8 Å². The van der Waals surface area contributed by atoms with Crippen LogP contribution in [0.4, 0.5) is 4.79 Å². The molecule has 1 aliphatic carbocycles. The monoisotopic (exact) mass is 498 g/mol. The van der Waals surface area contributed by atoms with E-state index in [0.717, 1.165) is 42.7 Å². The summed E-state index contributed by atoms with van der Waals surface area (Å²) in [7, 11) is 3.61. The zero-order valence-electron chi connectivity index (χ0n) is 22.6. The molecule has 1 amide bonds. The first-order valence-corrected chi connectivity index (χ1v) is 12.9. The number of hydrogen-bond acceptors (Lipinski definition) is 5. The van der Waals surface area contributed by atoms with E-state index in [1.165, 1.54) is 5.56 Å². The lowest BCUT2D eigenvalue weighted by Crippen LogP contribution is -2.51. The number of unbranched alkanes of at least 4 members (excludes halogenated alkanes) is 1. The second-order valence-electron chi connectivity index (χ2n) is 11.1. The number of aliphatic hydroxyl groups is 1. The zero-order chi connectivity index (χ0) is 26.5. The predicted molar refractivity (Wildman–Crippen MR) is 141 cm³/mol. The second kappa shape index (κ2) is 11.5. The molecule has 1 heterocycles. The van der Waals surface area contributed by atoms with Gasteiger partial charge in [-0.1, -0.05) is 12.1 Å². The van der Waals surface area contributed by atoms with Gasteiger partial charge in [-0.15, -0.1) is 0 Å². The van der Waals surface area contributed by atoms with Gasteiger partial charge in [0.1, 0.15) is 11.4 Å². The number of aryl methyl sites for hydroxylation is 2. The molecule has 3 rings (SSSR count). The summed E-state index contributed by atoms with van der Waals surface area (Å²) in [6, 6.07) is 10.2. The average molecular weight is 499 g/mol. The van der Waals surface area contributed by atoms with Gasteiger partial charge in [-0.25, -0.2) is 4.79 Å². The third-order valence-corrected chi connectivity index (χ3v) is 7.12. The number of carbonyl (C=O) groups is 2. The molecule has 1 aromatic carbocycles. The fourth-order valence-electron chi connectivity index (χ4n) is 5.25. The number of aliphatic hydroxyl groups excluding tert-OH is 1. The number of hydrogen-bond donors (Lipinski definition) is 2. The predicted octanol–water partition coefficient (Wildman–Crippen LogP) is 5.46. The van der Waals surface area contributed by atoms with Gasteiger partial charge < -0.3 is 24.5 Å². The highest BCUT2D eigenvalue weighted by Gasteiger charge is 2.42. The molecule has 1 aliphatic rings. The number of alkyl carbamates (subject to hydrolysis) is 1. The normalized spacial score (nSPS) is 19.8. The maximum Gasteiger partial charge on any atom is 0.408 e. The van der Waals surface area contributed by atoms with E-state index in [0.29, 0.717) is 25.0 Å². The van der Waals surface area contributed by atoms with Crippen LogP contribution in [0.1, 0.15) is 92.5 Å². The van der Waals surface area contributed by atoms with Crippen molar-refractivity contribution in [1.82, 2.24) is 9.88 Å². The molecule has 7 nitrogen and oxygen atoms in total. The van der Waals surface area contributed by atoms with Gasteiger partial charge in [-0.2, -0.15) is 0 Å². The van der Waals surface area contributed by atoms with Crippen LogP contribution in [0, 0.1) is 6.92 Å². The minimum absolute atomic E-state index is 0.146. The number of amides is 1. The first kappa shape index (κ1) is 27.8. The van der Waals surface area contributed by atoms with Crippen LogP contribution in [0.15, 0.2) is 30.3 Å². The molecule has 2 aromatic rings. The molecule has 1 fully saturated rings. The Morgan fingerprint density at radius 3 is 2.58 bits per heavy atom. The first-order chi connectivity index (χ1) is 17.0. The van der Waals surface area contributed by atoms with Gasteiger partial charge >= 0.3 is 6.09 Å². The van der Waals surface area contributed by atoms with Crippen LogP contribution in [0.2, 0.25) is 0 Å². The number of nitrogens with zero attached hydrogens (tertiary/aromatic N) is 1. The second-order valence-corrected chi connectivity index (χ2v) is 11.1. The van der Waals surface area contributed by atoms with E-state index >= 15 is 0 Å². The summed E-state index contributed by atoms with van der Waals surface area (Å²) in [5.74, 6) is 1.19. The van der Waals surface area contributed by atoms with E-state index in [-0.39, 0.29) is 18.3 Å². The summed E-state index contributed by atoms with van der Waals surface area (Å²) >= 11 is 0. The largest absolute Gasteiger partial charge is 0.496 e. The van der Waals surface area contributed by atoms with E-state index < -0.39 is 17.2 Å². The van der Waals surface area contributed by atoms with Crippen molar-refractivity contribution < 1.29 is 24.2 Å². The molecule has 0 bridgehead atoms. The van der Waals surface area contributed by atoms with Crippen LogP contribution >= 0.6 is 0 Å². The maximum absolute atomic E-state index is 13.0. The molecular weight excluding hydrogens is 456 g/mol. The van der Waals surface area contributed by atoms with Gasteiger partial charge in [0.15, 0.2) is 5.78 Å². The summed E-state index contributed by atoms with van der Waals surface area (Å²) in [5, 5.41) is 13.0. The van der Waals surface area contributed by atoms with Crippen molar-refractivity contribution in [2.24, 2.45) is 7.05 Å². The number of carbonyl (C=O) groups excluding carboxylic acids is 2. The van der Waals surface area contributed by atoms with E-state index in [9.17, 15) is 14.7 Å². The van der Waals surface area contributed by atoms with Gasteiger partial charge in [0.05, 0.1) is 24.9 Å². The molecule has 0 spiro atoms. The van der Waals surface area contributed by atoms with Crippen molar-refractivity contribution in [3.63, 3.8) is 0 Å². The third-order valence-electron chi connectivity index (χ3n) is 7.12. The summed E-state index contributed by atoms with van der Waals surface area (Å²) < 4.78 is 12.7. The SMILES string of the molecule is COc1ccc(CCCCC(=O)c2ccc([C@H]3CC[C@@](CO)(NC(=O)OC(C)(C)C)C3)n2C)cc1C. The number of Topliss-reactive ketones (excluding diaryl/α,β-unsaturated/α-hetero) is 1. The van der Waals surface area contributed by atoms with Gasteiger partial charge in [0, 0.05) is 25.1 Å². The fraction of sp³-hybridized carbons (Fsp3) is 0.586. The molecule has 2 atom stereocenters. The van der Waals surface area contributed by atoms with Crippen molar-refractivity contribution in [2.45, 2.75) is 89.7 Å². The van der Waals surface area contributed by atoms with Gasteiger partial charge in [0.25, 0.3) is 0 Å². The van der Waals surface area contributed by atoms with Crippen molar-refractivity contribution in [3.05, 3.63) is 52.8 Å². The van der Waals surface area contributed by atoms with Crippen molar-refractivity contribution in [1.29, 1.82) is 0 Å². The van der Waals surface area contributed by atoms with Crippen molar-refractivity contribution >= 4 is 11.9 Å². The molecule has 1 saturated carbocycles. The summed E-state index contributed by atoms with van der Waals surface area (Å²) in [6.07, 6.45) is 4.81. The molecule has 1 aromatic heterocycles. The lowest BCUT2D eigenvalue weighted by molar-refractivity contribution is 0.0401. The molecular formula is C29H42N2O5. The van der Waals surface area contributed by atoms with Crippen LogP contribution in [-0.4, -0.2) is 46.4 Å². The Morgan fingerprint density at radius 1 is 1.19 bits per heavy atom. The van der Waals surface area contributed by atoms with E-state index in [1.807, 2.05) is 57.5 Å². The van der Waals surface area contributed by atoms with Crippen LogP contribution in [-0.2, 0) is 18.2 Å². The minimum Gasteiger partial charge on any atom is -0.496 e. The molecule has 7 heteroatoms. The Bertz CT molecular complexity index is 1070. The van der Waals surface area contributed by atoms with Gasteiger partial charge in [0.2, 0.25) is 0 Å². The number of benzene rings is 1. The van der Waals surface area contributed by atoms with Gasteiger partial charge in [-0.05, 0) is 95.5 Å². The smallest absolute Gasteiger partial charge is 0.408 e. The number of nitrogens with one attached hydrogen (secondary N) is 1. The quantitative estimate of drug-likeness (QED) is 0.335. The number of ether oxygens (including phenoxy) is 2. The Kier molecular flexibility index (Phi) is 8.88. The molecule has 36 heavy (non-hydrogen) atoms. The van der Waals surface area contributed by atoms with Crippen molar-refractivity contribution in [3.8, 4) is 5.75 Å². The Hall–Kier alpha value is -2.80. The fourth-order valence-corrected chi connectivity index (χ4v) is 5.25. The number of aromatic nitrogens is 1. The Morgan fingerprint density at radius 2 is 1.94 bits per heavy atom. The van der Waals surface area contributed by atoms with Crippen LogP contribution in [0.3, 0.4) is 0 Å². The molecule has 198 valence electrons. The van der Waals surface area contributed by atoms with Crippen LogP contribution in [0.5, 0.6) is 5.75 Å². The summed E-state index contributed by atoms with van der Waals surface area (Å²) in [5.41, 5.74) is 2.86. The lowest BCUT2D eigenvalue weighted by Gasteiger charge is -2.30. The highest BCUT2D eigenvalue weighted by molar-refractivity contribution is 5.94. The third kappa shape index (κ3) is 6.90. The Labute approximate surface area is 215 Å². The summed E-state index contributed by atoms with van der Waals surface area (Å²) in [4.78, 5) is 25.3. The lowest BCUT2D eigenvalue weighted by atomic mass is 9.95. The van der Waals surface area contributed by atoms with E-state index in [4.69, 9.17) is 9.47 Å². The summed E-state index contributed by atoms with van der Waals surface area (Å²) in [6.45, 7) is 7.35. The minimum atomic E-state index is -0.707. The first-order valence-electron chi connectivity index (χ1n) is 12.9. The van der Waals surface area contributed by atoms with Crippen molar-refractivity contribution in [2.75, 3.05) is 13.7 Å². The molecule has 0 saturated heterocycles. The van der Waals surface area contributed by atoms with Gasteiger partial charge in [-0.3, -0.25) is 4.79 Å². The molecule has 0 unspecified atom stereocenters. The maximum atomic E-state index is 13.0. The van der Waals surface area contributed by atoms with Crippen LogP contribution in [0.25, 0.3) is 0 Å². The number of ketones is 1. The highest BCUT2D eigenvalue weighted by Crippen LogP contribution is 2.41. The zero-order valence-corrected chi connectivity index (χ0v) is 22.6. The standard InChI is InChI=1S/C29H42N2O5/c1-20-17-21(11-14-26(20)35-6)9-7-8-10-25(33)24-13-12-23(31(24)5)22-15-16-29(18-22,19-32)30-27(34)36-28(2,3)4/h11-14,17,22,32H,7-10,15-16,18-19H2,1-6H3,(H,30,34)/t22-,29+/m0/s1. The van der Waals surface area contributed by atoms with E-state index in [2.05, 4.69) is 17.4 Å². The molecule has 0 radical (unpaired) electrons. The molecule has 0 aliphatic heterocycles. The van der Waals surface area contributed by atoms with E-state index in [1.54, 1.807) is 7.11 Å².